The largest absolute Gasteiger partial charge is 0.423 e. The van der Waals surface area contributed by atoms with Gasteiger partial charge in [0.25, 0.3) is 0 Å². The quantitative estimate of drug-likeness (QED) is 0.714. The van der Waals surface area contributed by atoms with Crippen molar-refractivity contribution in [1.82, 2.24) is 0 Å². The Balaban J connectivity index is 5.04. The molecule has 13 heavy (non-hydrogen) atoms. The molecule has 0 aromatic heterocycles. The summed E-state index contributed by atoms with van der Waals surface area (Å²) >= 11 is 0. The smallest absolute Gasteiger partial charge is 0.331 e. The van der Waals surface area contributed by atoms with Crippen molar-refractivity contribution in [2.75, 3.05) is 0 Å². The van der Waals surface area contributed by atoms with Crippen molar-refractivity contribution >= 4 is 0 Å². The molecule has 0 heterocycles. The standard InChI is InChI=1S/C5H5F7O/c1-2(6)3(7,8)4(9,10)5(11,12)13/h2,13H,1H3. The fourth-order valence-electron chi connectivity index (χ4n) is 0.450. The molecule has 8 heteroatoms. The van der Waals surface area contributed by atoms with Crippen LogP contribution in [0, 0.1) is 0 Å². The third-order valence-electron chi connectivity index (χ3n) is 1.30. The van der Waals surface area contributed by atoms with Gasteiger partial charge in [0.05, 0.1) is 0 Å². The van der Waals surface area contributed by atoms with Gasteiger partial charge in [-0.25, -0.2) is 4.39 Å². The number of rotatable bonds is 3. The van der Waals surface area contributed by atoms with Crippen molar-refractivity contribution in [1.29, 1.82) is 0 Å². The van der Waals surface area contributed by atoms with E-state index < -0.39 is 24.1 Å². The number of alkyl halides is 7. The Labute approximate surface area is 68.2 Å². The van der Waals surface area contributed by atoms with Crippen LogP contribution < -0.4 is 0 Å². The SMILES string of the molecule is CC(F)C(F)(F)C(F)(F)C(O)(F)F. The molecule has 0 aliphatic carbocycles. The van der Waals surface area contributed by atoms with Crippen molar-refractivity contribution < 1.29 is 35.8 Å². The van der Waals surface area contributed by atoms with E-state index in [1.807, 2.05) is 0 Å². The summed E-state index contributed by atoms with van der Waals surface area (Å²) in [4.78, 5) is 0. The Kier molecular flexibility index (Phi) is 2.88. The van der Waals surface area contributed by atoms with Gasteiger partial charge in [0.15, 0.2) is 6.17 Å². The zero-order valence-corrected chi connectivity index (χ0v) is 6.17. The minimum Gasteiger partial charge on any atom is -0.331 e. The van der Waals surface area contributed by atoms with Crippen LogP contribution in [0.15, 0.2) is 0 Å². The van der Waals surface area contributed by atoms with Crippen LogP contribution in [0.25, 0.3) is 0 Å². The fraction of sp³-hybridized carbons (Fsp3) is 1.00. The normalized spacial score (nSPS) is 17.3. The number of aliphatic hydroxyl groups is 1. The first-order chi connectivity index (χ1) is 5.44. The molecule has 0 fully saturated rings. The number of halogens is 7. The molecule has 0 radical (unpaired) electrons. The van der Waals surface area contributed by atoms with E-state index in [4.69, 9.17) is 5.11 Å². The zero-order chi connectivity index (χ0) is 11.1. The third-order valence-corrected chi connectivity index (χ3v) is 1.30. The van der Waals surface area contributed by atoms with E-state index in [2.05, 4.69) is 0 Å². The second kappa shape index (κ2) is 3.00. The Morgan fingerprint density at radius 2 is 1.31 bits per heavy atom. The molecule has 0 aromatic rings. The maximum atomic E-state index is 12.1. The monoisotopic (exact) mass is 214 g/mol. The molecular weight excluding hydrogens is 209 g/mol. The van der Waals surface area contributed by atoms with E-state index in [0.717, 1.165) is 0 Å². The molecule has 0 rings (SSSR count). The fourth-order valence-corrected chi connectivity index (χ4v) is 0.450. The summed E-state index contributed by atoms with van der Waals surface area (Å²) in [5.41, 5.74) is 0. The highest BCUT2D eigenvalue weighted by Crippen LogP contribution is 2.46. The van der Waals surface area contributed by atoms with Gasteiger partial charge >= 0.3 is 18.0 Å². The minimum atomic E-state index is -6.13. The molecule has 1 N–H and O–H groups in total. The molecule has 0 saturated heterocycles. The summed E-state index contributed by atoms with van der Waals surface area (Å²) in [6.07, 6.45) is -9.46. The lowest BCUT2D eigenvalue weighted by atomic mass is 10.1. The third kappa shape index (κ3) is 1.87. The van der Waals surface area contributed by atoms with Crippen molar-refractivity contribution in [3.63, 3.8) is 0 Å². The molecule has 1 atom stereocenters. The predicted octanol–water partition coefficient (Wildman–Crippen LogP) is 2.20. The van der Waals surface area contributed by atoms with Crippen LogP contribution in [0.1, 0.15) is 6.92 Å². The molecule has 1 unspecified atom stereocenters. The van der Waals surface area contributed by atoms with Gasteiger partial charge in [0.2, 0.25) is 0 Å². The van der Waals surface area contributed by atoms with Gasteiger partial charge in [-0.3, -0.25) is 0 Å². The first-order valence-corrected chi connectivity index (χ1v) is 2.94. The van der Waals surface area contributed by atoms with Crippen LogP contribution in [0.5, 0.6) is 0 Å². The molecule has 80 valence electrons. The maximum Gasteiger partial charge on any atom is 0.423 e. The average molecular weight is 214 g/mol. The van der Waals surface area contributed by atoms with Crippen molar-refractivity contribution in [3.05, 3.63) is 0 Å². The van der Waals surface area contributed by atoms with Gasteiger partial charge in [-0.15, -0.1) is 0 Å². The van der Waals surface area contributed by atoms with Crippen molar-refractivity contribution in [2.45, 2.75) is 31.0 Å². The van der Waals surface area contributed by atoms with Gasteiger partial charge in [0, 0.05) is 0 Å². The number of hydrogen-bond donors (Lipinski definition) is 1. The molecule has 0 spiro atoms. The summed E-state index contributed by atoms with van der Waals surface area (Å²) in [5, 5.41) is 7.40. The van der Waals surface area contributed by atoms with Gasteiger partial charge < -0.3 is 5.11 Å². The van der Waals surface area contributed by atoms with E-state index in [1.54, 1.807) is 0 Å². The van der Waals surface area contributed by atoms with Crippen molar-refractivity contribution in [2.24, 2.45) is 0 Å². The summed E-state index contributed by atoms with van der Waals surface area (Å²) in [6.45, 7) is -0.0142. The first-order valence-electron chi connectivity index (χ1n) is 2.94. The van der Waals surface area contributed by atoms with Crippen LogP contribution in [0.4, 0.5) is 30.7 Å². The van der Waals surface area contributed by atoms with E-state index in [0.29, 0.717) is 0 Å². The van der Waals surface area contributed by atoms with E-state index >= 15 is 0 Å². The molecule has 1 nitrogen and oxygen atoms in total. The van der Waals surface area contributed by atoms with E-state index in [-0.39, 0.29) is 6.92 Å². The summed E-state index contributed by atoms with van der Waals surface area (Å²) in [6, 6.07) is 0. The minimum absolute atomic E-state index is 0.0142. The zero-order valence-electron chi connectivity index (χ0n) is 6.17. The van der Waals surface area contributed by atoms with Crippen molar-refractivity contribution in [3.8, 4) is 0 Å². The first kappa shape index (κ1) is 12.5. The highest BCUT2D eigenvalue weighted by molar-refractivity contribution is 4.94. The van der Waals surface area contributed by atoms with Crippen LogP contribution in [-0.4, -0.2) is 29.2 Å². The van der Waals surface area contributed by atoms with Gasteiger partial charge in [0.1, 0.15) is 0 Å². The van der Waals surface area contributed by atoms with Crippen LogP contribution in [-0.2, 0) is 0 Å². The lowest BCUT2D eigenvalue weighted by Crippen LogP contribution is -2.57. The highest BCUT2D eigenvalue weighted by Gasteiger charge is 2.73. The second-order valence-corrected chi connectivity index (χ2v) is 2.35. The lowest BCUT2D eigenvalue weighted by Gasteiger charge is -2.29. The van der Waals surface area contributed by atoms with E-state index in [9.17, 15) is 30.7 Å². The summed E-state index contributed by atoms with van der Waals surface area (Å²) in [5.74, 6) is -11.8. The topological polar surface area (TPSA) is 20.2 Å². The van der Waals surface area contributed by atoms with E-state index in [1.165, 1.54) is 0 Å². The molecule has 0 aliphatic rings. The van der Waals surface area contributed by atoms with Crippen LogP contribution in [0.2, 0.25) is 0 Å². The Bertz CT molecular complexity index is 182. The Hall–Kier alpha value is -0.530. The van der Waals surface area contributed by atoms with Gasteiger partial charge in [-0.1, -0.05) is 0 Å². The molecule has 0 aliphatic heterocycles. The number of hydrogen-bond acceptors (Lipinski definition) is 1. The highest BCUT2D eigenvalue weighted by atomic mass is 19.4. The molecule has 0 amide bonds. The van der Waals surface area contributed by atoms with Gasteiger partial charge in [-0.2, -0.15) is 26.3 Å². The van der Waals surface area contributed by atoms with Crippen LogP contribution >= 0.6 is 0 Å². The summed E-state index contributed by atoms with van der Waals surface area (Å²) in [7, 11) is 0. The second-order valence-electron chi connectivity index (χ2n) is 2.35. The summed E-state index contributed by atoms with van der Waals surface area (Å²) < 4.78 is 82.9. The lowest BCUT2D eigenvalue weighted by molar-refractivity contribution is -0.391. The maximum absolute atomic E-state index is 12.1. The Morgan fingerprint density at radius 1 is 1.00 bits per heavy atom. The molecule has 0 bridgehead atoms. The van der Waals surface area contributed by atoms with Gasteiger partial charge in [-0.05, 0) is 6.92 Å². The average Bonchev–Trinajstić information content (AvgIpc) is 1.84. The predicted molar refractivity (Wildman–Crippen MR) is 27.6 cm³/mol. The molecular formula is C5H5F7O. The molecule has 0 saturated carbocycles. The van der Waals surface area contributed by atoms with Crippen LogP contribution in [0.3, 0.4) is 0 Å². The Morgan fingerprint density at radius 3 is 1.38 bits per heavy atom. The molecule has 0 aromatic carbocycles.